The van der Waals surface area contributed by atoms with Crippen molar-refractivity contribution < 1.29 is 9.13 Å². The first kappa shape index (κ1) is 27.6. The summed E-state index contributed by atoms with van der Waals surface area (Å²) in [5.74, 6) is -0.274. The molecule has 0 aromatic carbocycles. The Bertz CT molecular complexity index is 764. The molecule has 0 N–H and O–H groups in total. The van der Waals surface area contributed by atoms with Crippen molar-refractivity contribution in [3.8, 4) is 0 Å². The van der Waals surface area contributed by atoms with E-state index in [0.717, 1.165) is 0 Å². The van der Waals surface area contributed by atoms with Gasteiger partial charge in [-0.25, -0.2) is 4.39 Å². The maximum atomic E-state index is 13.9. The molecule has 0 spiro atoms. The lowest BCUT2D eigenvalue weighted by Gasteiger charge is -2.20. The zero-order valence-corrected chi connectivity index (χ0v) is 21.0. The second-order valence-corrected chi connectivity index (χ2v) is 7.80. The van der Waals surface area contributed by atoms with Gasteiger partial charge in [0.2, 0.25) is 0 Å². The van der Waals surface area contributed by atoms with Crippen LogP contribution in [0.2, 0.25) is 0 Å². The predicted molar refractivity (Wildman–Crippen MR) is 129 cm³/mol. The molecule has 8 heteroatoms. The SMILES string of the molecule is C=CN(C)/C(C(Cl)=NC)=C(/C)N=CC(C)C(/C=C/Cl)=C(OC(C)C)/C(Br)=C(\C)F. The molecular weight excluding hydrogens is 480 g/mol. The van der Waals surface area contributed by atoms with E-state index in [1.54, 1.807) is 37.5 Å². The smallest absolute Gasteiger partial charge is 0.149 e. The normalized spacial score (nSPS) is 16.6. The fourth-order valence-electron chi connectivity index (χ4n) is 2.25. The van der Waals surface area contributed by atoms with Crippen LogP contribution < -0.4 is 0 Å². The zero-order chi connectivity index (χ0) is 22.7. The topological polar surface area (TPSA) is 37.2 Å². The molecule has 4 nitrogen and oxygen atoms in total. The van der Waals surface area contributed by atoms with E-state index >= 15 is 0 Å². The summed E-state index contributed by atoms with van der Waals surface area (Å²) in [4.78, 5) is 10.3. The van der Waals surface area contributed by atoms with Gasteiger partial charge in [0, 0.05) is 37.3 Å². The van der Waals surface area contributed by atoms with Crippen LogP contribution in [0.5, 0.6) is 0 Å². The minimum absolute atomic E-state index is 0.159. The third-order valence-electron chi connectivity index (χ3n) is 3.70. The van der Waals surface area contributed by atoms with Gasteiger partial charge in [-0.2, -0.15) is 0 Å². The third-order valence-corrected chi connectivity index (χ3v) is 5.08. The van der Waals surface area contributed by atoms with Crippen molar-refractivity contribution >= 4 is 50.5 Å². The minimum atomic E-state index is -0.401. The van der Waals surface area contributed by atoms with Gasteiger partial charge < -0.3 is 9.64 Å². The number of halogens is 4. The molecule has 0 rings (SSSR count). The molecule has 0 radical (unpaired) electrons. The van der Waals surface area contributed by atoms with Crippen molar-refractivity contribution in [2.75, 3.05) is 14.1 Å². The monoisotopic (exact) mass is 507 g/mol. The molecule has 1 atom stereocenters. The third kappa shape index (κ3) is 8.89. The van der Waals surface area contributed by atoms with Gasteiger partial charge in [-0.3, -0.25) is 9.98 Å². The highest BCUT2D eigenvalue weighted by molar-refractivity contribution is 9.12. The number of nitrogens with zero attached hydrogens (tertiary/aromatic N) is 3. The molecule has 0 saturated carbocycles. The van der Waals surface area contributed by atoms with E-state index in [9.17, 15) is 4.39 Å². The molecule has 0 aromatic heterocycles. The van der Waals surface area contributed by atoms with E-state index in [-0.39, 0.29) is 16.5 Å². The summed E-state index contributed by atoms with van der Waals surface area (Å²) >= 11 is 15.3. The Morgan fingerprint density at radius 1 is 1.28 bits per heavy atom. The van der Waals surface area contributed by atoms with E-state index in [1.165, 1.54) is 12.5 Å². The Morgan fingerprint density at radius 2 is 1.86 bits per heavy atom. The van der Waals surface area contributed by atoms with E-state index in [2.05, 4.69) is 32.5 Å². The Balaban J connectivity index is 6.40. The van der Waals surface area contributed by atoms with Crippen molar-refractivity contribution in [2.45, 2.75) is 40.7 Å². The molecule has 0 amide bonds. The molecule has 0 bridgehead atoms. The van der Waals surface area contributed by atoms with E-state index < -0.39 is 5.83 Å². The fraction of sp³-hybridized carbons (Fsp3) is 0.429. The summed E-state index contributed by atoms with van der Waals surface area (Å²) in [6.45, 7) is 12.6. The number of rotatable bonds is 10. The molecule has 0 aromatic rings. The van der Waals surface area contributed by atoms with Crippen molar-refractivity contribution in [3.05, 3.63) is 57.4 Å². The zero-order valence-electron chi connectivity index (χ0n) is 17.9. The van der Waals surface area contributed by atoms with Crippen LogP contribution in [0.1, 0.15) is 34.6 Å². The fourth-order valence-corrected chi connectivity index (χ4v) is 2.98. The van der Waals surface area contributed by atoms with Gasteiger partial charge in [0.15, 0.2) is 0 Å². The molecule has 0 aliphatic heterocycles. The molecule has 162 valence electrons. The Kier molecular flexibility index (Phi) is 13.1. The van der Waals surface area contributed by atoms with Crippen molar-refractivity contribution in [3.63, 3.8) is 0 Å². The highest BCUT2D eigenvalue weighted by Crippen LogP contribution is 2.31. The van der Waals surface area contributed by atoms with Gasteiger partial charge in [-0.15, -0.1) is 0 Å². The number of hydrogen-bond acceptors (Lipinski definition) is 4. The number of aliphatic imine (C=N–C) groups is 2. The first-order valence-corrected chi connectivity index (χ1v) is 10.5. The highest BCUT2D eigenvalue weighted by Gasteiger charge is 2.19. The van der Waals surface area contributed by atoms with Crippen LogP contribution in [0.25, 0.3) is 0 Å². The first-order chi connectivity index (χ1) is 13.5. The molecule has 29 heavy (non-hydrogen) atoms. The average molecular weight is 509 g/mol. The van der Waals surface area contributed by atoms with E-state index in [0.29, 0.717) is 27.9 Å². The lowest BCUT2D eigenvalue weighted by Crippen LogP contribution is -2.17. The predicted octanol–water partition coefficient (Wildman–Crippen LogP) is 7.29. The Hall–Kier alpha value is -1.37. The molecule has 0 heterocycles. The maximum absolute atomic E-state index is 13.9. The Labute approximate surface area is 192 Å². The number of hydrogen-bond donors (Lipinski definition) is 0. The van der Waals surface area contributed by atoms with Gasteiger partial charge in [-0.05, 0) is 55.9 Å². The lowest BCUT2D eigenvalue weighted by molar-refractivity contribution is 0.153. The second-order valence-electron chi connectivity index (χ2n) is 6.40. The molecule has 1 unspecified atom stereocenters. The summed E-state index contributed by atoms with van der Waals surface area (Å²) in [5, 5.41) is 0.314. The number of ether oxygens (including phenoxy) is 1. The highest BCUT2D eigenvalue weighted by atomic mass is 79.9. The second kappa shape index (κ2) is 13.8. The standard InChI is InChI=1S/C21H29BrCl2FN3O/c1-9-28(8)19(21(24)26-7)16(6)27-12-14(4)17(10-11-23)20(29-13(2)3)18(22)15(5)25/h9-14H,1H2,2-8H3/b11-10+,18-15-,19-16-,20-17-,26-21?,27-12?. The van der Waals surface area contributed by atoms with E-state index in [4.69, 9.17) is 27.9 Å². The largest absolute Gasteiger partial charge is 0.489 e. The van der Waals surface area contributed by atoms with Gasteiger partial charge in [0.05, 0.1) is 22.0 Å². The lowest BCUT2D eigenvalue weighted by atomic mass is 10.0. The average Bonchev–Trinajstić information content (AvgIpc) is 2.67. The van der Waals surface area contributed by atoms with Gasteiger partial charge in [0.25, 0.3) is 0 Å². The molecule has 0 saturated heterocycles. The van der Waals surface area contributed by atoms with Crippen LogP contribution in [0.15, 0.2) is 67.4 Å². The van der Waals surface area contributed by atoms with Crippen molar-refractivity contribution in [1.82, 2.24) is 4.90 Å². The summed E-state index contributed by atoms with van der Waals surface area (Å²) in [6.07, 6.45) is 4.84. The molecule has 0 aliphatic carbocycles. The van der Waals surface area contributed by atoms with Crippen LogP contribution in [0, 0.1) is 5.92 Å². The van der Waals surface area contributed by atoms with Gasteiger partial charge in [-0.1, -0.05) is 36.7 Å². The van der Waals surface area contributed by atoms with Crippen molar-refractivity contribution in [2.24, 2.45) is 15.9 Å². The molecule has 0 fully saturated rings. The van der Waals surface area contributed by atoms with Crippen LogP contribution in [-0.2, 0) is 4.74 Å². The first-order valence-electron chi connectivity index (χ1n) is 8.94. The molecular formula is C21H29BrCl2FN3O. The summed E-state index contributed by atoms with van der Waals surface area (Å²) in [5.41, 5.74) is 3.30. The van der Waals surface area contributed by atoms with Crippen molar-refractivity contribution in [1.29, 1.82) is 0 Å². The number of allylic oxidation sites excluding steroid dienone is 6. The van der Waals surface area contributed by atoms with Crippen LogP contribution in [0.4, 0.5) is 4.39 Å². The quantitative estimate of drug-likeness (QED) is 0.176. The van der Waals surface area contributed by atoms with Gasteiger partial charge in [0.1, 0.15) is 16.8 Å². The minimum Gasteiger partial charge on any atom is -0.489 e. The maximum Gasteiger partial charge on any atom is 0.149 e. The summed E-state index contributed by atoms with van der Waals surface area (Å²) < 4.78 is 20.0. The summed E-state index contributed by atoms with van der Waals surface area (Å²) in [6, 6.07) is 0. The Morgan fingerprint density at radius 3 is 2.28 bits per heavy atom. The van der Waals surface area contributed by atoms with E-state index in [1.807, 2.05) is 27.7 Å². The van der Waals surface area contributed by atoms with Crippen LogP contribution in [-0.4, -0.2) is 36.5 Å². The summed E-state index contributed by atoms with van der Waals surface area (Å²) in [7, 11) is 3.41. The van der Waals surface area contributed by atoms with Gasteiger partial charge >= 0.3 is 0 Å². The van der Waals surface area contributed by atoms with Crippen LogP contribution in [0.3, 0.4) is 0 Å². The van der Waals surface area contributed by atoms with Crippen LogP contribution >= 0.6 is 39.1 Å². The molecule has 0 aliphatic rings.